The van der Waals surface area contributed by atoms with Gasteiger partial charge in [-0.05, 0) is 37.0 Å². The molecular weight excluding hydrogens is 272 g/mol. The van der Waals surface area contributed by atoms with Crippen LogP contribution in [-0.4, -0.2) is 53.4 Å². The molecule has 21 heavy (non-hydrogen) atoms. The lowest BCUT2D eigenvalue weighted by atomic mass is 9.94. The van der Waals surface area contributed by atoms with Crippen LogP contribution in [0.2, 0.25) is 0 Å². The first-order valence-electron chi connectivity index (χ1n) is 7.77. The summed E-state index contributed by atoms with van der Waals surface area (Å²) >= 11 is 0. The lowest BCUT2D eigenvalue weighted by molar-refractivity contribution is -0.138. The fourth-order valence-corrected chi connectivity index (χ4v) is 2.81. The highest BCUT2D eigenvalue weighted by molar-refractivity contribution is 5.74. The first kappa shape index (κ1) is 17.8. The topological polar surface area (TPSA) is 89.9 Å². The Kier molecular flexibility index (Phi) is 7.50. The molecule has 0 aliphatic carbocycles. The standard InChI is InChI=1S/C15H28N2O4/c1-11(2)7-13(8-14(19)20)9-16-15(21)17-5-3-12(10-18)4-6-17/h11-13,18H,3-10H2,1-2H3,(H,16,21)(H,19,20)/t13-/m0/s1. The van der Waals surface area contributed by atoms with Gasteiger partial charge in [-0.2, -0.15) is 0 Å². The number of likely N-dealkylation sites (tertiary alicyclic amines) is 1. The molecule has 1 atom stereocenters. The van der Waals surface area contributed by atoms with Gasteiger partial charge in [0.2, 0.25) is 0 Å². The van der Waals surface area contributed by atoms with E-state index in [1.807, 2.05) is 0 Å². The molecule has 6 nitrogen and oxygen atoms in total. The van der Waals surface area contributed by atoms with Crippen molar-refractivity contribution < 1.29 is 19.8 Å². The molecule has 1 aliphatic rings. The molecule has 2 amide bonds. The summed E-state index contributed by atoms with van der Waals surface area (Å²) in [6, 6.07) is -0.120. The Morgan fingerprint density at radius 3 is 2.38 bits per heavy atom. The Balaban J connectivity index is 2.37. The average Bonchev–Trinajstić information content (AvgIpc) is 2.43. The molecular formula is C15H28N2O4. The van der Waals surface area contributed by atoms with E-state index >= 15 is 0 Å². The van der Waals surface area contributed by atoms with Crippen molar-refractivity contribution in [3.63, 3.8) is 0 Å². The van der Waals surface area contributed by atoms with Gasteiger partial charge in [-0.25, -0.2) is 4.79 Å². The van der Waals surface area contributed by atoms with Crippen molar-refractivity contribution in [3.8, 4) is 0 Å². The maximum absolute atomic E-state index is 12.1. The molecule has 6 heteroatoms. The number of amides is 2. The first-order valence-corrected chi connectivity index (χ1v) is 7.77. The molecule has 0 spiro atoms. The summed E-state index contributed by atoms with van der Waals surface area (Å²) in [5, 5.41) is 20.9. The van der Waals surface area contributed by atoms with Crippen LogP contribution >= 0.6 is 0 Å². The van der Waals surface area contributed by atoms with E-state index in [2.05, 4.69) is 19.2 Å². The van der Waals surface area contributed by atoms with Crippen LogP contribution in [0.1, 0.15) is 39.5 Å². The zero-order valence-electron chi connectivity index (χ0n) is 13.0. The van der Waals surface area contributed by atoms with Crippen molar-refractivity contribution in [2.75, 3.05) is 26.2 Å². The quantitative estimate of drug-likeness (QED) is 0.665. The summed E-state index contributed by atoms with van der Waals surface area (Å²) in [7, 11) is 0. The zero-order valence-corrected chi connectivity index (χ0v) is 13.0. The van der Waals surface area contributed by atoms with E-state index in [1.54, 1.807) is 4.90 Å². The third-order valence-corrected chi connectivity index (χ3v) is 3.97. The summed E-state index contributed by atoms with van der Waals surface area (Å²) in [5.41, 5.74) is 0. The van der Waals surface area contributed by atoms with Crippen molar-refractivity contribution in [1.82, 2.24) is 10.2 Å². The van der Waals surface area contributed by atoms with Gasteiger partial charge in [0.05, 0.1) is 0 Å². The van der Waals surface area contributed by atoms with Crippen molar-refractivity contribution in [2.45, 2.75) is 39.5 Å². The summed E-state index contributed by atoms with van der Waals surface area (Å²) in [4.78, 5) is 24.7. The number of carbonyl (C=O) groups excluding carboxylic acids is 1. The van der Waals surface area contributed by atoms with Crippen LogP contribution in [0.4, 0.5) is 4.79 Å². The highest BCUT2D eigenvalue weighted by atomic mass is 16.4. The van der Waals surface area contributed by atoms with Crippen LogP contribution in [0.5, 0.6) is 0 Å². The Morgan fingerprint density at radius 2 is 1.90 bits per heavy atom. The van der Waals surface area contributed by atoms with Crippen LogP contribution in [0.15, 0.2) is 0 Å². The lowest BCUT2D eigenvalue weighted by Crippen LogP contribution is -2.46. The first-order chi connectivity index (χ1) is 9.92. The number of hydrogen-bond donors (Lipinski definition) is 3. The maximum Gasteiger partial charge on any atom is 0.317 e. The molecule has 0 aromatic rings. The van der Waals surface area contributed by atoms with Crippen LogP contribution in [-0.2, 0) is 4.79 Å². The van der Waals surface area contributed by atoms with E-state index < -0.39 is 5.97 Å². The molecule has 1 saturated heterocycles. The van der Waals surface area contributed by atoms with E-state index in [9.17, 15) is 9.59 Å². The Hall–Kier alpha value is -1.30. The Morgan fingerprint density at radius 1 is 1.29 bits per heavy atom. The van der Waals surface area contributed by atoms with E-state index in [-0.39, 0.29) is 25.0 Å². The summed E-state index contributed by atoms with van der Waals surface area (Å²) in [5.74, 6) is -0.138. The maximum atomic E-state index is 12.1. The number of aliphatic hydroxyl groups excluding tert-OH is 1. The van der Waals surface area contributed by atoms with E-state index in [1.165, 1.54) is 0 Å². The van der Waals surface area contributed by atoms with Crippen molar-refractivity contribution in [3.05, 3.63) is 0 Å². The minimum Gasteiger partial charge on any atom is -0.481 e. The average molecular weight is 300 g/mol. The molecule has 3 N–H and O–H groups in total. The molecule has 0 radical (unpaired) electrons. The van der Waals surface area contributed by atoms with Crippen LogP contribution in [0, 0.1) is 17.8 Å². The number of aliphatic hydroxyl groups is 1. The largest absolute Gasteiger partial charge is 0.481 e. The second-order valence-electron chi connectivity index (χ2n) is 6.39. The third kappa shape index (κ3) is 6.80. The Labute approximate surface area is 126 Å². The molecule has 1 heterocycles. The highest BCUT2D eigenvalue weighted by Crippen LogP contribution is 2.17. The van der Waals surface area contributed by atoms with Gasteiger partial charge in [0.15, 0.2) is 0 Å². The number of nitrogens with zero attached hydrogens (tertiary/aromatic N) is 1. The highest BCUT2D eigenvalue weighted by Gasteiger charge is 2.23. The SMILES string of the molecule is CC(C)C[C@H](CNC(=O)N1CCC(CO)CC1)CC(=O)O. The molecule has 0 bridgehead atoms. The second-order valence-corrected chi connectivity index (χ2v) is 6.39. The molecule has 0 saturated carbocycles. The zero-order chi connectivity index (χ0) is 15.8. The molecule has 122 valence electrons. The molecule has 1 rings (SSSR count). The number of hydrogen-bond acceptors (Lipinski definition) is 3. The summed E-state index contributed by atoms with van der Waals surface area (Å²) < 4.78 is 0. The number of nitrogens with one attached hydrogen (secondary N) is 1. The minimum atomic E-state index is -0.821. The van der Waals surface area contributed by atoms with Gasteiger partial charge in [0.1, 0.15) is 0 Å². The molecule has 1 aliphatic heterocycles. The molecule has 0 aromatic heterocycles. The monoisotopic (exact) mass is 300 g/mol. The van der Waals surface area contributed by atoms with Gasteiger partial charge in [0, 0.05) is 32.7 Å². The smallest absolute Gasteiger partial charge is 0.317 e. The summed E-state index contributed by atoms with van der Waals surface area (Å²) in [6.07, 6.45) is 2.53. The predicted molar refractivity (Wildman–Crippen MR) is 80.0 cm³/mol. The molecule has 0 unspecified atom stereocenters. The van der Waals surface area contributed by atoms with Crippen molar-refractivity contribution in [2.24, 2.45) is 17.8 Å². The second kappa shape index (κ2) is 8.87. The van der Waals surface area contributed by atoms with Gasteiger partial charge >= 0.3 is 12.0 Å². The van der Waals surface area contributed by atoms with Crippen LogP contribution < -0.4 is 5.32 Å². The van der Waals surface area contributed by atoms with Gasteiger partial charge in [0.25, 0.3) is 0 Å². The van der Waals surface area contributed by atoms with Gasteiger partial charge < -0.3 is 20.4 Å². The fraction of sp³-hybridized carbons (Fsp3) is 0.867. The number of carbonyl (C=O) groups is 2. The summed E-state index contributed by atoms with van der Waals surface area (Å²) in [6.45, 7) is 6.01. The van der Waals surface area contributed by atoms with Crippen LogP contribution in [0.25, 0.3) is 0 Å². The Bertz CT molecular complexity index is 339. The van der Waals surface area contributed by atoms with Crippen molar-refractivity contribution >= 4 is 12.0 Å². The predicted octanol–water partition coefficient (Wildman–Crippen LogP) is 1.54. The number of piperidine rings is 1. The van der Waals surface area contributed by atoms with Gasteiger partial charge in [-0.15, -0.1) is 0 Å². The number of carboxylic acid groups (broad SMARTS) is 1. The third-order valence-electron chi connectivity index (χ3n) is 3.97. The van der Waals surface area contributed by atoms with Gasteiger partial charge in [-0.3, -0.25) is 4.79 Å². The number of carboxylic acids is 1. The van der Waals surface area contributed by atoms with Crippen molar-refractivity contribution in [1.29, 1.82) is 0 Å². The number of aliphatic carboxylic acids is 1. The van der Waals surface area contributed by atoms with E-state index in [0.29, 0.717) is 31.5 Å². The number of urea groups is 1. The lowest BCUT2D eigenvalue weighted by Gasteiger charge is -2.31. The fourth-order valence-electron chi connectivity index (χ4n) is 2.81. The number of rotatable bonds is 7. The minimum absolute atomic E-state index is 0.0265. The molecule has 1 fully saturated rings. The van der Waals surface area contributed by atoms with E-state index in [0.717, 1.165) is 19.3 Å². The normalized spacial score (nSPS) is 17.8. The van der Waals surface area contributed by atoms with Gasteiger partial charge in [-0.1, -0.05) is 13.8 Å². The molecule has 0 aromatic carbocycles. The van der Waals surface area contributed by atoms with E-state index in [4.69, 9.17) is 10.2 Å². The van der Waals surface area contributed by atoms with Crippen LogP contribution in [0.3, 0.4) is 0 Å².